The highest BCUT2D eigenvalue weighted by Gasteiger charge is 2.33. The predicted molar refractivity (Wildman–Crippen MR) is 100 cm³/mol. The summed E-state index contributed by atoms with van der Waals surface area (Å²) < 4.78 is 18.9. The third kappa shape index (κ3) is 5.65. The first-order valence-corrected chi connectivity index (χ1v) is 9.38. The Hall–Kier alpha value is -1.20. The lowest BCUT2D eigenvalue weighted by atomic mass is 10.1. The molecule has 0 aliphatic carbocycles. The first-order chi connectivity index (χ1) is 11.7. The Morgan fingerprint density at radius 1 is 1.44 bits per heavy atom. The number of halogens is 3. The minimum atomic E-state index is -0.516. The summed E-state index contributed by atoms with van der Waals surface area (Å²) >= 11 is 11.8. The highest BCUT2D eigenvalue weighted by Crippen LogP contribution is 2.28. The van der Waals surface area contributed by atoms with E-state index in [2.05, 4.69) is 4.90 Å². The van der Waals surface area contributed by atoms with Gasteiger partial charge in [0.2, 0.25) is 0 Å². The summed E-state index contributed by atoms with van der Waals surface area (Å²) in [6, 6.07) is 4.83. The number of alkyl halides is 1. The van der Waals surface area contributed by atoms with E-state index in [1.807, 2.05) is 20.8 Å². The van der Waals surface area contributed by atoms with Crippen LogP contribution in [0.1, 0.15) is 33.6 Å². The summed E-state index contributed by atoms with van der Waals surface area (Å²) in [5.74, 6) is 0.0954. The van der Waals surface area contributed by atoms with Crippen molar-refractivity contribution in [2.45, 2.75) is 45.3 Å². The third-order valence-corrected chi connectivity index (χ3v) is 4.58. The van der Waals surface area contributed by atoms with Crippen LogP contribution in [0.4, 0.5) is 14.9 Å². The number of rotatable bonds is 5. The molecular weight excluding hydrogens is 366 g/mol. The molecule has 1 saturated heterocycles. The molecule has 25 heavy (non-hydrogen) atoms. The van der Waals surface area contributed by atoms with Gasteiger partial charge in [-0.15, -0.1) is 11.6 Å². The Morgan fingerprint density at radius 3 is 2.76 bits per heavy atom. The van der Waals surface area contributed by atoms with E-state index in [0.29, 0.717) is 19.0 Å². The van der Waals surface area contributed by atoms with Crippen molar-refractivity contribution in [3.63, 3.8) is 0 Å². The molecule has 0 saturated carbocycles. The second kappa shape index (κ2) is 8.45. The van der Waals surface area contributed by atoms with Crippen LogP contribution < -0.4 is 4.90 Å². The lowest BCUT2D eigenvalue weighted by Crippen LogP contribution is -2.41. The maximum Gasteiger partial charge on any atom is 0.410 e. The standard InChI is InChI=1S/C18H25Cl2FN2O2/c1-18(2,3)25-17(24)22-10-7-14(12-22)23(9-4-8-19)13-5-6-16(21)15(20)11-13/h5-6,11,14H,4,7-10,12H2,1-3H3/t14-/m0/s1. The maximum absolute atomic E-state index is 13.5. The normalized spacial score (nSPS) is 17.7. The van der Waals surface area contributed by atoms with Crippen molar-refractivity contribution in [1.82, 2.24) is 4.90 Å². The monoisotopic (exact) mass is 390 g/mol. The average molecular weight is 391 g/mol. The van der Waals surface area contributed by atoms with Crippen LogP contribution in [-0.4, -0.2) is 48.2 Å². The number of hydrogen-bond acceptors (Lipinski definition) is 3. The van der Waals surface area contributed by atoms with E-state index in [1.54, 1.807) is 17.0 Å². The fourth-order valence-electron chi connectivity index (χ4n) is 2.90. The zero-order valence-electron chi connectivity index (χ0n) is 14.9. The van der Waals surface area contributed by atoms with Crippen LogP contribution in [0.3, 0.4) is 0 Å². The lowest BCUT2D eigenvalue weighted by Gasteiger charge is -2.31. The Labute approximate surface area is 158 Å². The van der Waals surface area contributed by atoms with Gasteiger partial charge in [-0.3, -0.25) is 0 Å². The van der Waals surface area contributed by atoms with E-state index in [0.717, 1.165) is 25.1 Å². The van der Waals surface area contributed by atoms with Crippen molar-refractivity contribution in [3.05, 3.63) is 29.0 Å². The molecule has 0 aromatic heterocycles. The molecule has 1 heterocycles. The highest BCUT2D eigenvalue weighted by molar-refractivity contribution is 6.31. The van der Waals surface area contributed by atoms with Crippen molar-refractivity contribution in [3.8, 4) is 0 Å². The molecule has 1 aliphatic rings. The molecule has 0 unspecified atom stereocenters. The Bertz CT molecular complexity index is 607. The number of carbonyl (C=O) groups excluding carboxylic acids is 1. The minimum Gasteiger partial charge on any atom is -0.444 e. The smallest absolute Gasteiger partial charge is 0.410 e. The Morgan fingerprint density at radius 2 is 2.16 bits per heavy atom. The van der Waals surface area contributed by atoms with Crippen molar-refractivity contribution in [2.75, 3.05) is 30.4 Å². The first kappa shape index (κ1) is 20.1. The van der Waals surface area contributed by atoms with E-state index >= 15 is 0 Å². The van der Waals surface area contributed by atoms with E-state index < -0.39 is 11.4 Å². The molecule has 1 aromatic rings. The summed E-state index contributed by atoms with van der Waals surface area (Å²) in [5, 5.41) is 0.0929. The van der Waals surface area contributed by atoms with Gasteiger partial charge in [0.05, 0.1) is 5.02 Å². The van der Waals surface area contributed by atoms with Gasteiger partial charge >= 0.3 is 6.09 Å². The molecule has 0 N–H and O–H groups in total. The van der Waals surface area contributed by atoms with E-state index in [-0.39, 0.29) is 17.2 Å². The van der Waals surface area contributed by atoms with Crippen LogP contribution in [0, 0.1) is 5.82 Å². The topological polar surface area (TPSA) is 32.8 Å². The molecular formula is C18H25Cl2FN2O2. The lowest BCUT2D eigenvalue weighted by molar-refractivity contribution is 0.0292. The number of likely N-dealkylation sites (tertiary alicyclic amines) is 1. The molecule has 0 radical (unpaired) electrons. The number of amides is 1. The molecule has 0 bridgehead atoms. The summed E-state index contributed by atoms with van der Waals surface area (Å²) in [6.07, 6.45) is 1.31. The summed E-state index contributed by atoms with van der Waals surface area (Å²) in [4.78, 5) is 16.1. The Kier molecular flexibility index (Phi) is 6.80. The fraction of sp³-hybridized carbons (Fsp3) is 0.611. The molecule has 140 valence electrons. The van der Waals surface area contributed by atoms with Crippen molar-refractivity contribution >= 4 is 35.0 Å². The van der Waals surface area contributed by atoms with Crippen molar-refractivity contribution in [2.24, 2.45) is 0 Å². The van der Waals surface area contributed by atoms with E-state index in [4.69, 9.17) is 27.9 Å². The second-order valence-electron chi connectivity index (χ2n) is 7.20. The quantitative estimate of drug-likeness (QED) is 0.668. The van der Waals surface area contributed by atoms with E-state index in [9.17, 15) is 9.18 Å². The molecule has 2 rings (SSSR count). The van der Waals surface area contributed by atoms with Gasteiger partial charge in [0.15, 0.2) is 0 Å². The molecule has 0 spiro atoms. The molecule has 1 aromatic carbocycles. The predicted octanol–water partition coefficient (Wildman–Crippen LogP) is 4.92. The van der Waals surface area contributed by atoms with Gasteiger partial charge in [-0.2, -0.15) is 0 Å². The third-order valence-electron chi connectivity index (χ3n) is 4.02. The highest BCUT2D eigenvalue weighted by atomic mass is 35.5. The molecule has 7 heteroatoms. The summed E-state index contributed by atoms with van der Waals surface area (Å²) in [6.45, 7) is 7.47. The average Bonchev–Trinajstić information content (AvgIpc) is 2.99. The first-order valence-electron chi connectivity index (χ1n) is 8.47. The molecule has 4 nitrogen and oxygen atoms in total. The SMILES string of the molecule is CC(C)(C)OC(=O)N1CC[C@H](N(CCCCl)c2ccc(F)c(Cl)c2)C1. The van der Waals surface area contributed by atoms with Gasteiger partial charge in [0.1, 0.15) is 11.4 Å². The number of carbonyl (C=O) groups is 1. The van der Waals surface area contributed by atoms with Crippen LogP contribution in [0.25, 0.3) is 0 Å². The van der Waals surface area contributed by atoms with E-state index in [1.165, 1.54) is 6.07 Å². The number of ether oxygens (including phenoxy) is 1. The van der Waals surface area contributed by atoms with Gasteiger partial charge in [-0.25, -0.2) is 9.18 Å². The zero-order valence-corrected chi connectivity index (χ0v) is 16.4. The number of benzene rings is 1. The molecule has 1 fully saturated rings. The minimum absolute atomic E-state index is 0.0929. The Balaban J connectivity index is 2.11. The molecule has 1 amide bonds. The van der Waals surface area contributed by atoms with Gasteiger partial charge in [-0.05, 0) is 51.8 Å². The van der Waals surface area contributed by atoms with Gasteiger partial charge in [0.25, 0.3) is 0 Å². The molecule has 1 atom stereocenters. The van der Waals surface area contributed by atoms with Crippen molar-refractivity contribution < 1.29 is 13.9 Å². The van der Waals surface area contributed by atoms with Gasteiger partial charge in [0, 0.05) is 37.2 Å². The van der Waals surface area contributed by atoms with Crippen LogP contribution in [0.5, 0.6) is 0 Å². The van der Waals surface area contributed by atoms with Gasteiger partial charge < -0.3 is 14.5 Å². The maximum atomic E-state index is 13.5. The molecule has 1 aliphatic heterocycles. The zero-order chi connectivity index (χ0) is 18.6. The van der Waals surface area contributed by atoms with Crippen LogP contribution >= 0.6 is 23.2 Å². The van der Waals surface area contributed by atoms with Crippen LogP contribution in [-0.2, 0) is 4.74 Å². The van der Waals surface area contributed by atoms with Crippen LogP contribution in [0.2, 0.25) is 5.02 Å². The summed E-state index contributed by atoms with van der Waals surface area (Å²) in [7, 11) is 0. The number of hydrogen-bond donors (Lipinski definition) is 0. The summed E-state index contributed by atoms with van der Waals surface area (Å²) in [5.41, 5.74) is 0.324. The fourth-order valence-corrected chi connectivity index (χ4v) is 3.20. The largest absolute Gasteiger partial charge is 0.444 e. The number of anilines is 1. The second-order valence-corrected chi connectivity index (χ2v) is 7.99. The van der Waals surface area contributed by atoms with Gasteiger partial charge in [-0.1, -0.05) is 11.6 Å². The number of nitrogens with zero attached hydrogens (tertiary/aromatic N) is 2. The van der Waals surface area contributed by atoms with Crippen LogP contribution in [0.15, 0.2) is 18.2 Å². The van der Waals surface area contributed by atoms with Crippen molar-refractivity contribution in [1.29, 1.82) is 0 Å².